The first-order valence-corrected chi connectivity index (χ1v) is 5.54. The van der Waals surface area contributed by atoms with Gasteiger partial charge in [0.25, 0.3) is 0 Å². The van der Waals surface area contributed by atoms with E-state index in [1.807, 2.05) is 0 Å². The van der Waals surface area contributed by atoms with Crippen molar-refractivity contribution in [1.82, 2.24) is 4.90 Å². The number of rotatable bonds is 6. The molecule has 0 saturated heterocycles. The molecule has 0 aliphatic carbocycles. The zero-order valence-corrected chi connectivity index (χ0v) is 10.0. The number of halogens is 3. The minimum absolute atomic E-state index is 0.0287. The third kappa shape index (κ3) is 5.71. The molecule has 0 fully saturated rings. The smallest absolute Gasteiger partial charge is 0.401 e. The molecule has 0 radical (unpaired) electrons. The highest BCUT2D eigenvalue weighted by Gasteiger charge is 2.31. The number of alkyl halides is 3. The molecule has 0 amide bonds. The Labute approximate surface area is 108 Å². The van der Waals surface area contributed by atoms with Crippen molar-refractivity contribution in [3.63, 3.8) is 0 Å². The molecule has 1 rings (SSSR count). The minimum Gasteiger partial charge on any atom is -0.508 e. The van der Waals surface area contributed by atoms with Crippen molar-refractivity contribution < 1.29 is 28.2 Å². The number of aliphatic hydroxyl groups is 1. The summed E-state index contributed by atoms with van der Waals surface area (Å²) in [6, 6.07) is 5.24. The van der Waals surface area contributed by atoms with Crippen molar-refractivity contribution in [3.8, 4) is 5.75 Å². The molecule has 4 nitrogen and oxygen atoms in total. The van der Waals surface area contributed by atoms with Crippen LogP contribution in [0.4, 0.5) is 13.2 Å². The predicted octanol–water partition coefficient (Wildman–Crippen LogP) is 1.43. The number of phenols is 1. The fourth-order valence-electron chi connectivity index (χ4n) is 1.55. The number of Topliss-reactive ketones (excluding diaryl/α,β-unsaturated/α-hetero) is 1. The maximum Gasteiger partial charge on any atom is 0.401 e. The van der Waals surface area contributed by atoms with Gasteiger partial charge in [-0.2, -0.15) is 13.2 Å². The van der Waals surface area contributed by atoms with Gasteiger partial charge in [-0.3, -0.25) is 9.69 Å². The van der Waals surface area contributed by atoms with E-state index in [1.165, 1.54) is 24.3 Å². The van der Waals surface area contributed by atoms with Crippen LogP contribution < -0.4 is 0 Å². The summed E-state index contributed by atoms with van der Waals surface area (Å²) in [7, 11) is 0. The van der Waals surface area contributed by atoms with Crippen LogP contribution in [-0.2, 0) is 0 Å². The third-order valence-corrected chi connectivity index (χ3v) is 2.38. The van der Waals surface area contributed by atoms with Gasteiger partial charge in [0.1, 0.15) is 5.75 Å². The molecule has 7 heteroatoms. The van der Waals surface area contributed by atoms with E-state index < -0.39 is 31.7 Å². The monoisotopic (exact) mass is 277 g/mol. The molecular weight excluding hydrogens is 263 g/mol. The Kier molecular flexibility index (Phi) is 5.31. The first kappa shape index (κ1) is 15.5. The molecule has 0 saturated carbocycles. The summed E-state index contributed by atoms with van der Waals surface area (Å²) in [5.74, 6) is -0.531. The number of carbonyl (C=O) groups is 1. The highest BCUT2D eigenvalue weighted by Crippen LogP contribution is 2.17. The van der Waals surface area contributed by atoms with Gasteiger partial charge in [0.15, 0.2) is 5.78 Å². The lowest BCUT2D eigenvalue weighted by Crippen LogP contribution is -2.39. The fourth-order valence-corrected chi connectivity index (χ4v) is 1.55. The number of ketones is 1. The second kappa shape index (κ2) is 6.53. The summed E-state index contributed by atoms with van der Waals surface area (Å²) in [6.07, 6.45) is -4.43. The molecule has 0 aromatic heterocycles. The van der Waals surface area contributed by atoms with Crippen molar-refractivity contribution in [2.24, 2.45) is 0 Å². The first-order valence-electron chi connectivity index (χ1n) is 5.54. The van der Waals surface area contributed by atoms with E-state index in [0.29, 0.717) is 0 Å². The average Bonchev–Trinajstić information content (AvgIpc) is 2.27. The van der Waals surface area contributed by atoms with Crippen LogP contribution in [0.15, 0.2) is 24.3 Å². The average molecular weight is 277 g/mol. The molecule has 0 atom stereocenters. The van der Waals surface area contributed by atoms with Gasteiger partial charge >= 0.3 is 6.18 Å². The van der Waals surface area contributed by atoms with Crippen molar-refractivity contribution in [3.05, 3.63) is 29.8 Å². The summed E-state index contributed by atoms with van der Waals surface area (Å²) >= 11 is 0. The molecule has 2 N–H and O–H groups in total. The standard InChI is InChI=1S/C12H14F3NO3/c13-12(14,15)8-16(5-6-17)7-11(19)9-1-3-10(18)4-2-9/h1-4,17-18H,5-8H2. The van der Waals surface area contributed by atoms with Crippen LogP contribution in [-0.4, -0.2) is 53.3 Å². The summed E-state index contributed by atoms with van der Waals surface area (Å²) in [5, 5.41) is 17.8. The van der Waals surface area contributed by atoms with E-state index in [9.17, 15) is 18.0 Å². The van der Waals surface area contributed by atoms with Crippen LogP contribution >= 0.6 is 0 Å². The van der Waals surface area contributed by atoms with Gasteiger partial charge in [-0.15, -0.1) is 0 Å². The van der Waals surface area contributed by atoms with Gasteiger partial charge in [0.05, 0.1) is 19.7 Å². The second-order valence-corrected chi connectivity index (χ2v) is 4.02. The largest absolute Gasteiger partial charge is 0.508 e. The highest BCUT2D eigenvalue weighted by molar-refractivity contribution is 5.97. The van der Waals surface area contributed by atoms with E-state index in [2.05, 4.69) is 0 Å². The Morgan fingerprint density at radius 2 is 1.79 bits per heavy atom. The Bertz CT molecular complexity index is 417. The molecule has 0 bridgehead atoms. The Morgan fingerprint density at radius 3 is 2.26 bits per heavy atom. The van der Waals surface area contributed by atoms with Crippen LogP contribution in [0.1, 0.15) is 10.4 Å². The summed E-state index contributed by atoms with van der Waals surface area (Å²) in [6.45, 7) is -2.38. The molecule has 0 heterocycles. The molecule has 0 aliphatic rings. The van der Waals surface area contributed by atoms with E-state index in [4.69, 9.17) is 10.2 Å². The van der Waals surface area contributed by atoms with Crippen molar-refractivity contribution in [2.75, 3.05) is 26.2 Å². The van der Waals surface area contributed by atoms with Gasteiger partial charge in [0.2, 0.25) is 0 Å². The Hall–Kier alpha value is -1.60. The maximum absolute atomic E-state index is 12.3. The van der Waals surface area contributed by atoms with E-state index in [-0.39, 0.29) is 17.9 Å². The lowest BCUT2D eigenvalue weighted by atomic mass is 10.1. The number of aromatic hydroxyl groups is 1. The van der Waals surface area contributed by atoms with Crippen LogP contribution in [0.2, 0.25) is 0 Å². The minimum atomic E-state index is -4.43. The lowest BCUT2D eigenvalue weighted by molar-refractivity contribution is -0.145. The van der Waals surface area contributed by atoms with Crippen molar-refractivity contribution in [2.45, 2.75) is 6.18 Å². The van der Waals surface area contributed by atoms with Gasteiger partial charge in [-0.1, -0.05) is 0 Å². The fraction of sp³-hybridized carbons (Fsp3) is 0.417. The summed E-state index contributed by atoms with van der Waals surface area (Å²) in [4.78, 5) is 12.6. The maximum atomic E-state index is 12.3. The zero-order chi connectivity index (χ0) is 14.5. The number of hydrogen-bond donors (Lipinski definition) is 2. The van der Waals surface area contributed by atoms with Gasteiger partial charge < -0.3 is 10.2 Å². The Balaban J connectivity index is 2.68. The SMILES string of the molecule is O=C(CN(CCO)CC(F)(F)F)c1ccc(O)cc1. The molecule has 0 aliphatic heterocycles. The molecule has 0 spiro atoms. The first-order chi connectivity index (χ1) is 8.81. The van der Waals surface area contributed by atoms with Crippen LogP contribution in [0, 0.1) is 0 Å². The number of phenolic OH excluding ortho intramolecular Hbond substituents is 1. The number of hydrogen-bond acceptors (Lipinski definition) is 4. The zero-order valence-electron chi connectivity index (χ0n) is 10.0. The highest BCUT2D eigenvalue weighted by atomic mass is 19.4. The van der Waals surface area contributed by atoms with Crippen LogP contribution in [0.5, 0.6) is 5.75 Å². The number of nitrogens with zero attached hydrogens (tertiary/aromatic N) is 1. The quantitative estimate of drug-likeness (QED) is 0.772. The molecule has 106 valence electrons. The van der Waals surface area contributed by atoms with Gasteiger partial charge in [-0.25, -0.2) is 0 Å². The van der Waals surface area contributed by atoms with E-state index >= 15 is 0 Å². The van der Waals surface area contributed by atoms with Crippen LogP contribution in [0.25, 0.3) is 0 Å². The summed E-state index contributed by atoms with van der Waals surface area (Å²) in [5.41, 5.74) is 0.211. The topological polar surface area (TPSA) is 60.8 Å². The molecule has 0 unspecified atom stereocenters. The lowest BCUT2D eigenvalue weighted by Gasteiger charge is -2.21. The van der Waals surface area contributed by atoms with Crippen LogP contribution in [0.3, 0.4) is 0 Å². The second-order valence-electron chi connectivity index (χ2n) is 4.02. The predicted molar refractivity (Wildman–Crippen MR) is 62.0 cm³/mol. The molecule has 1 aromatic rings. The molecule has 19 heavy (non-hydrogen) atoms. The van der Waals surface area contributed by atoms with Gasteiger partial charge in [-0.05, 0) is 24.3 Å². The summed E-state index contributed by atoms with van der Waals surface area (Å²) < 4.78 is 36.8. The normalized spacial score (nSPS) is 11.8. The number of aliphatic hydroxyl groups excluding tert-OH is 1. The Morgan fingerprint density at radius 1 is 1.21 bits per heavy atom. The van der Waals surface area contributed by atoms with Crippen molar-refractivity contribution >= 4 is 5.78 Å². The third-order valence-electron chi connectivity index (χ3n) is 2.38. The van der Waals surface area contributed by atoms with E-state index in [0.717, 1.165) is 4.90 Å². The van der Waals surface area contributed by atoms with Gasteiger partial charge in [0, 0.05) is 12.1 Å². The van der Waals surface area contributed by atoms with Crippen molar-refractivity contribution in [1.29, 1.82) is 0 Å². The number of benzene rings is 1. The molecule has 1 aromatic carbocycles. The van der Waals surface area contributed by atoms with E-state index in [1.54, 1.807) is 0 Å². The number of carbonyl (C=O) groups excluding carboxylic acids is 1. The molecular formula is C12H14F3NO3.